The molecule has 2 N–H and O–H groups in total. The fraction of sp³-hybridized carbons (Fsp3) is 0.435. The van der Waals surface area contributed by atoms with Gasteiger partial charge in [-0.25, -0.2) is 15.8 Å². The van der Waals surface area contributed by atoms with Crippen LogP contribution in [0.4, 0.5) is 0 Å². The molecule has 1 aromatic carbocycles. The number of likely N-dealkylation sites (tertiary alicyclic amines) is 1. The first kappa shape index (κ1) is 21.9. The van der Waals surface area contributed by atoms with Gasteiger partial charge in [0.2, 0.25) is 11.8 Å². The molecule has 0 aliphatic carbocycles. The van der Waals surface area contributed by atoms with Crippen molar-refractivity contribution in [2.24, 2.45) is 0 Å². The van der Waals surface area contributed by atoms with Crippen LogP contribution in [0.25, 0.3) is 0 Å². The number of hydrazine groups is 1. The summed E-state index contributed by atoms with van der Waals surface area (Å²) < 4.78 is 16.8. The van der Waals surface area contributed by atoms with Gasteiger partial charge in [-0.05, 0) is 36.8 Å². The van der Waals surface area contributed by atoms with Gasteiger partial charge < -0.3 is 19.1 Å². The van der Waals surface area contributed by atoms with E-state index in [9.17, 15) is 10.1 Å². The topological polar surface area (TPSA) is 109 Å². The van der Waals surface area contributed by atoms with E-state index in [4.69, 9.17) is 14.2 Å². The highest BCUT2D eigenvalue weighted by Crippen LogP contribution is 2.33. The van der Waals surface area contributed by atoms with Gasteiger partial charge in [0.05, 0.1) is 20.3 Å². The summed E-state index contributed by atoms with van der Waals surface area (Å²) in [5.41, 5.74) is 7.74. The number of nitrogens with zero attached hydrogens (tertiary/aromatic N) is 3. The maximum Gasteiger partial charge on any atom is 0.241 e. The standard InChI is InChI=1S/C23H27N5O4/c1-30-17-5-6-21(31-2)18(12-17)19-13-20(27-26-19)23(29)28-10-7-16(8-11-28)32-22-15(14-24)4-3-9-25-22/h3-6,9,12,16,19-20,26-27H,7-8,10-11,13H2,1-2H3. The first-order valence-corrected chi connectivity index (χ1v) is 10.7. The summed E-state index contributed by atoms with van der Waals surface area (Å²) in [4.78, 5) is 19.1. The van der Waals surface area contributed by atoms with Crippen LogP contribution in [-0.2, 0) is 4.79 Å². The lowest BCUT2D eigenvalue weighted by molar-refractivity contribution is -0.135. The zero-order chi connectivity index (χ0) is 22.5. The average molecular weight is 438 g/mol. The maximum atomic E-state index is 13.1. The molecule has 0 bridgehead atoms. The molecule has 1 amide bonds. The number of piperidine rings is 1. The SMILES string of the molecule is COc1ccc(OC)c(C2CC(C(=O)N3CCC(Oc4ncccc4C#N)CC3)NN2)c1. The lowest BCUT2D eigenvalue weighted by atomic mass is 9.99. The van der Waals surface area contributed by atoms with Gasteiger partial charge in [-0.3, -0.25) is 4.79 Å². The normalized spacial score (nSPS) is 21.1. The Morgan fingerprint density at radius 1 is 1.19 bits per heavy atom. The average Bonchev–Trinajstić information content (AvgIpc) is 3.34. The summed E-state index contributed by atoms with van der Waals surface area (Å²) in [6.45, 7) is 1.20. The van der Waals surface area contributed by atoms with Crippen LogP contribution < -0.4 is 25.1 Å². The van der Waals surface area contributed by atoms with Gasteiger partial charge in [0.15, 0.2) is 0 Å². The molecule has 32 heavy (non-hydrogen) atoms. The van der Waals surface area contributed by atoms with Crippen molar-refractivity contribution in [2.45, 2.75) is 37.5 Å². The molecule has 4 rings (SSSR count). The van der Waals surface area contributed by atoms with Gasteiger partial charge in [-0.2, -0.15) is 5.26 Å². The number of ether oxygens (including phenoxy) is 3. The summed E-state index contributed by atoms with van der Waals surface area (Å²) in [7, 11) is 3.26. The van der Waals surface area contributed by atoms with Crippen molar-refractivity contribution < 1.29 is 19.0 Å². The van der Waals surface area contributed by atoms with E-state index in [2.05, 4.69) is 21.9 Å². The second-order valence-electron chi connectivity index (χ2n) is 7.85. The molecule has 3 heterocycles. The molecule has 2 saturated heterocycles. The summed E-state index contributed by atoms with van der Waals surface area (Å²) in [6.07, 6.45) is 3.55. The summed E-state index contributed by atoms with van der Waals surface area (Å²) in [5, 5.41) is 9.20. The van der Waals surface area contributed by atoms with E-state index < -0.39 is 0 Å². The Kier molecular flexibility index (Phi) is 6.73. The molecule has 2 aliphatic heterocycles. The van der Waals surface area contributed by atoms with Crippen LogP contribution >= 0.6 is 0 Å². The van der Waals surface area contributed by atoms with Crippen molar-refractivity contribution in [3.05, 3.63) is 47.7 Å². The second-order valence-corrected chi connectivity index (χ2v) is 7.85. The zero-order valence-electron chi connectivity index (χ0n) is 18.2. The fourth-order valence-corrected chi connectivity index (χ4v) is 4.18. The first-order valence-electron chi connectivity index (χ1n) is 10.7. The molecule has 0 spiro atoms. The molecule has 9 nitrogen and oxygen atoms in total. The van der Waals surface area contributed by atoms with Crippen molar-refractivity contribution in [2.75, 3.05) is 27.3 Å². The number of methoxy groups -OCH3 is 2. The van der Waals surface area contributed by atoms with Gasteiger partial charge in [-0.1, -0.05) is 0 Å². The highest BCUT2D eigenvalue weighted by molar-refractivity contribution is 5.82. The first-order chi connectivity index (χ1) is 15.6. The van der Waals surface area contributed by atoms with Crippen molar-refractivity contribution >= 4 is 5.91 Å². The molecule has 0 saturated carbocycles. The van der Waals surface area contributed by atoms with Gasteiger partial charge in [-0.15, -0.1) is 0 Å². The van der Waals surface area contributed by atoms with E-state index >= 15 is 0 Å². The zero-order valence-corrected chi connectivity index (χ0v) is 18.2. The van der Waals surface area contributed by atoms with Crippen molar-refractivity contribution in [1.82, 2.24) is 20.7 Å². The van der Waals surface area contributed by atoms with E-state index in [1.807, 2.05) is 23.1 Å². The smallest absolute Gasteiger partial charge is 0.241 e. The lowest BCUT2D eigenvalue weighted by Crippen LogP contribution is -2.49. The van der Waals surface area contributed by atoms with Crippen LogP contribution in [0, 0.1) is 11.3 Å². The minimum atomic E-state index is -0.325. The molecular weight excluding hydrogens is 410 g/mol. The molecule has 2 atom stereocenters. The summed E-state index contributed by atoms with van der Waals surface area (Å²) >= 11 is 0. The number of rotatable bonds is 6. The number of benzene rings is 1. The third-order valence-corrected chi connectivity index (χ3v) is 5.94. The lowest BCUT2D eigenvalue weighted by Gasteiger charge is -2.33. The molecule has 0 radical (unpaired) electrons. The van der Waals surface area contributed by atoms with E-state index in [0.29, 0.717) is 43.8 Å². The predicted molar refractivity (Wildman–Crippen MR) is 116 cm³/mol. The van der Waals surface area contributed by atoms with Crippen LogP contribution in [0.2, 0.25) is 0 Å². The number of amides is 1. The highest BCUT2D eigenvalue weighted by atomic mass is 16.5. The van der Waals surface area contributed by atoms with Crippen molar-refractivity contribution in [1.29, 1.82) is 5.26 Å². The molecule has 2 aliphatic rings. The fourth-order valence-electron chi connectivity index (χ4n) is 4.18. The van der Waals surface area contributed by atoms with Crippen LogP contribution in [-0.4, -0.2) is 55.2 Å². The molecule has 2 fully saturated rings. The molecular formula is C23H27N5O4. The molecule has 1 aromatic heterocycles. The Morgan fingerprint density at radius 3 is 2.72 bits per heavy atom. The Bertz CT molecular complexity index is 1000. The Labute approximate surface area is 187 Å². The maximum absolute atomic E-state index is 13.1. The van der Waals surface area contributed by atoms with E-state index in [1.54, 1.807) is 32.5 Å². The van der Waals surface area contributed by atoms with Crippen LogP contribution in [0.3, 0.4) is 0 Å². The molecule has 2 unspecified atom stereocenters. The highest BCUT2D eigenvalue weighted by Gasteiger charge is 2.36. The third kappa shape index (κ3) is 4.61. The number of carbonyl (C=O) groups is 1. The molecule has 168 valence electrons. The third-order valence-electron chi connectivity index (χ3n) is 5.94. The van der Waals surface area contributed by atoms with Gasteiger partial charge in [0.25, 0.3) is 0 Å². The Hall–Kier alpha value is -3.35. The van der Waals surface area contributed by atoms with E-state index in [0.717, 1.165) is 17.1 Å². The Morgan fingerprint density at radius 2 is 2.00 bits per heavy atom. The summed E-state index contributed by atoms with van der Waals surface area (Å²) in [5.74, 6) is 1.92. The number of carbonyl (C=O) groups excluding carboxylic acids is 1. The number of nitrogens with one attached hydrogen (secondary N) is 2. The molecule has 9 heteroatoms. The molecule has 2 aromatic rings. The van der Waals surface area contributed by atoms with Crippen LogP contribution in [0.15, 0.2) is 36.5 Å². The van der Waals surface area contributed by atoms with Crippen LogP contribution in [0.1, 0.15) is 36.4 Å². The largest absolute Gasteiger partial charge is 0.497 e. The predicted octanol–water partition coefficient (Wildman–Crippen LogP) is 1.95. The minimum Gasteiger partial charge on any atom is -0.497 e. The quantitative estimate of drug-likeness (QED) is 0.706. The monoisotopic (exact) mass is 437 g/mol. The number of hydrogen-bond donors (Lipinski definition) is 2. The van der Waals surface area contributed by atoms with Crippen molar-refractivity contribution in [3.8, 4) is 23.4 Å². The van der Waals surface area contributed by atoms with Crippen LogP contribution in [0.5, 0.6) is 17.4 Å². The number of aromatic nitrogens is 1. The summed E-state index contributed by atoms with van der Waals surface area (Å²) in [6, 6.07) is 10.8. The Balaban J connectivity index is 1.33. The van der Waals surface area contributed by atoms with E-state index in [-0.39, 0.29) is 24.1 Å². The van der Waals surface area contributed by atoms with E-state index in [1.165, 1.54) is 0 Å². The number of pyridine rings is 1. The number of hydrogen-bond acceptors (Lipinski definition) is 8. The minimum absolute atomic E-state index is 0.0653. The van der Waals surface area contributed by atoms with Gasteiger partial charge in [0, 0.05) is 37.7 Å². The van der Waals surface area contributed by atoms with Crippen molar-refractivity contribution in [3.63, 3.8) is 0 Å². The number of nitriles is 1. The van der Waals surface area contributed by atoms with Gasteiger partial charge in [0.1, 0.15) is 35.3 Å². The second kappa shape index (κ2) is 9.85. The van der Waals surface area contributed by atoms with Gasteiger partial charge >= 0.3 is 0 Å².